The zero-order valence-electron chi connectivity index (χ0n) is 21.6. The molecule has 13 heteroatoms. The molecule has 2 atom stereocenters. The minimum absolute atomic E-state index is 0.153. The highest BCUT2D eigenvalue weighted by Crippen LogP contribution is 2.38. The largest absolute Gasteiger partial charge is 0.377 e. The first-order valence-electron chi connectivity index (χ1n) is 12.5. The number of morpholine rings is 1. The third-order valence-electron chi connectivity index (χ3n) is 6.78. The summed E-state index contributed by atoms with van der Waals surface area (Å²) in [4.78, 5) is 35.6. The van der Waals surface area contributed by atoms with Gasteiger partial charge in [0, 0.05) is 35.3 Å². The Morgan fingerprint density at radius 3 is 2.72 bits per heavy atom. The number of rotatable bonds is 6. The molecule has 4 aromatic heterocycles. The Morgan fingerprint density at radius 1 is 1.21 bits per heavy atom. The van der Waals surface area contributed by atoms with Crippen LogP contribution < -0.4 is 15.3 Å². The van der Waals surface area contributed by atoms with E-state index in [4.69, 9.17) is 19.9 Å². The van der Waals surface area contributed by atoms with Crippen LogP contribution in [0.3, 0.4) is 0 Å². The molecule has 1 aromatic carbocycles. The smallest absolute Gasteiger partial charge is 0.277 e. The van der Waals surface area contributed by atoms with Gasteiger partial charge in [0.2, 0.25) is 5.95 Å². The van der Waals surface area contributed by atoms with Gasteiger partial charge in [0.05, 0.1) is 59.3 Å². The molecule has 6 rings (SSSR count). The molecule has 1 aliphatic heterocycles. The summed E-state index contributed by atoms with van der Waals surface area (Å²) in [5.41, 5.74) is 4.48. The van der Waals surface area contributed by atoms with E-state index in [1.165, 1.54) is 12.4 Å². The third kappa shape index (κ3) is 4.64. The van der Waals surface area contributed by atoms with Crippen molar-refractivity contribution in [1.29, 1.82) is 0 Å². The maximum absolute atomic E-state index is 11.6. The van der Waals surface area contributed by atoms with Crippen molar-refractivity contribution in [2.24, 2.45) is 0 Å². The monoisotopic (exact) mass is 545 g/mol. The molecular formula is C26H27N9O3S. The molecule has 0 spiro atoms. The Hall–Kier alpha value is -4.20. The molecule has 12 nitrogen and oxygen atoms in total. The summed E-state index contributed by atoms with van der Waals surface area (Å²) in [7, 11) is 1.88. The van der Waals surface area contributed by atoms with Crippen molar-refractivity contribution in [3.8, 4) is 11.4 Å². The second-order valence-electron chi connectivity index (χ2n) is 9.65. The molecule has 1 amide bonds. The number of hydroxylamine groups is 1. The van der Waals surface area contributed by atoms with Crippen LogP contribution in [0.15, 0.2) is 42.9 Å². The predicted octanol–water partition coefficient (Wildman–Crippen LogP) is 3.39. The fourth-order valence-corrected chi connectivity index (χ4v) is 6.07. The summed E-state index contributed by atoms with van der Waals surface area (Å²) in [5, 5.41) is 17.0. The first kappa shape index (κ1) is 25.1. The first-order valence-corrected chi connectivity index (χ1v) is 13.3. The Balaban J connectivity index is 1.41. The number of hydrogen-bond acceptors (Lipinski definition) is 11. The van der Waals surface area contributed by atoms with Gasteiger partial charge in [0.1, 0.15) is 0 Å². The van der Waals surface area contributed by atoms with Gasteiger partial charge in [-0.05, 0) is 26.0 Å². The van der Waals surface area contributed by atoms with Crippen LogP contribution in [0, 0.1) is 0 Å². The van der Waals surface area contributed by atoms with Crippen molar-refractivity contribution in [3.63, 3.8) is 0 Å². The van der Waals surface area contributed by atoms with Crippen LogP contribution in [0.1, 0.15) is 29.1 Å². The van der Waals surface area contributed by atoms with Gasteiger partial charge < -0.3 is 14.5 Å². The van der Waals surface area contributed by atoms with Gasteiger partial charge >= 0.3 is 0 Å². The number of nitrogens with zero attached hydrogens (tertiary/aromatic N) is 7. The molecule has 1 saturated heterocycles. The number of hydrogen-bond donors (Lipinski definition) is 3. The summed E-state index contributed by atoms with van der Waals surface area (Å²) >= 11 is 1.65. The van der Waals surface area contributed by atoms with Crippen LogP contribution in [0.25, 0.3) is 32.5 Å². The summed E-state index contributed by atoms with van der Waals surface area (Å²) in [6.07, 6.45) is 4.56. The number of carbonyl (C=O) groups is 1. The highest BCUT2D eigenvalue weighted by atomic mass is 32.1. The van der Waals surface area contributed by atoms with Crippen LogP contribution in [0.4, 0.5) is 11.8 Å². The number of thiophene rings is 1. The van der Waals surface area contributed by atoms with E-state index in [1.807, 2.05) is 30.1 Å². The van der Waals surface area contributed by atoms with Crippen molar-refractivity contribution in [3.05, 3.63) is 53.3 Å². The fourth-order valence-electron chi connectivity index (χ4n) is 4.93. The van der Waals surface area contributed by atoms with Gasteiger partial charge in [-0.15, -0.1) is 11.3 Å². The average molecular weight is 546 g/mol. The van der Waals surface area contributed by atoms with E-state index in [0.29, 0.717) is 31.5 Å². The van der Waals surface area contributed by atoms with Crippen LogP contribution in [-0.2, 0) is 11.3 Å². The summed E-state index contributed by atoms with van der Waals surface area (Å²) in [5.74, 6) is 1.34. The Kier molecular flexibility index (Phi) is 6.54. The third-order valence-corrected chi connectivity index (χ3v) is 7.88. The quantitative estimate of drug-likeness (QED) is 0.214. The zero-order chi connectivity index (χ0) is 27.1. The van der Waals surface area contributed by atoms with Crippen molar-refractivity contribution >= 4 is 50.1 Å². The molecule has 2 unspecified atom stereocenters. The molecule has 3 N–H and O–H groups in total. The van der Waals surface area contributed by atoms with Gasteiger partial charge in [0.25, 0.3) is 5.91 Å². The summed E-state index contributed by atoms with van der Waals surface area (Å²) in [6, 6.07) is 8.38. The molecule has 1 fully saturated rings. The highest BCUT2D eigenvalue weighted by molar-refractivity contribution is 7.19. The number of benzene rings is 1. The summed E-state index contributed by atoms with van der Waals surface area (Å²) < 4.78 is 6.82. The normalized spacial score (nSPS) is 17.6. The lowest BCUT2D eigenvalue weighted by Gasteiger charge is -2.40. The second-order valence-corrected chi connectivity index (χ2v) is 10.8. The number of anilines is 2. The highest BCUT2D eigenvalue weighted by Gasteiger charge is 2.30. The van der Waals surface area contributed by atoms with Crippen LogP contribution in [-0.4, -0.2) is 73.6 Å². The minimum Gasteiger partial charge on any atom is -0.377 e. The Bertz CT molecular complexity index is 1640. The number of fused-ring (bicyclic) bond motifs is 2. The number of amides is 1. The van der Waals surface area contributed by atoms with Gasteiger partial charge in [-0.25, -0.2) is 25.4 Å². The molecule has 0 bridgehead atoms. The average Bonchev–Trinajstić information content (AvgIpc) is 3.59. The maximum Gasteiger partial charge on any atom is 0.277 e. The van der Waals surface area contributed by atoms with Crippen molar-refractivity contribution in [2.45, 2.75) is 32.5 Å². The van der Waals surface area contributed by atoms with Crippen LogP contribution in [0.5, 0.6) is 0 Å². The molecule has 1 aliphatic rings. The van der Waals surface area contributed by atoms with Crippen molar-refractivity contribution in [1.82, 2.24) is 35.6 Å². The van der Waals surface area contributed by atoms with Gasteiger partial charge in [-0.1, -0.05) is 12.1 Å². The SMILES string of the molecule is CC1COCC(C)N1c1nc(-c2cccc3[nH]ncc23)nc2cc(CN(C)c3ncc(C(=O)NO)cn3)sc12. The van der Waals surface area contributed by atoms with E-state index >= 15 is 0 Å². The molecule has 0 radical (unpaired) electrons. The predicted molar refractivity (Wildman–Crippen MR) is 148 cm³/mol. The molecule has 39 heavy (non-hydrogen) atoms. The summed E-state index contributed by atoms with van der Waals surface area (Å²) in [6.45, 7) is 6.10. The lowest BCUT2D eigenvalue weighted by molar-refractivity contribution is 0.0705. The molecule has 0 saturated carbocycles. The number of ether oxygens (including phenoxy) is 1. The van der Waals surface area contributed by atoms with Crippen molar-refractivity contribution in [2.75, 3.05) is 30.1 Å². The van der Waals surface area contributed by atoms with Gasteiger partial charge in [-0.2, -0.15) is 5.10 Å². The number of H-pyrrole nitrogens is 1. The number of aromatic nitrogens is 6. The van der Waals surface area contributed by atoms with Gasteiger partial charge in [0.15, 0.2) is 11.6 Å². The fraction of sp³-hybridized carbons (Fsp3) is 0.308. The first-order chi connectivity index (χ1) is 18.9. The standard InChI is InChI=1S/C26H27N9O3S/c1-14-12-38-13-15(2)35(14)24-22-21(30-23(31-24)18-5-4-6-20-19(18)10-29-32-20)7-17(39-22)11-34(3)26-27-8-16(9-28-26)25(36)33-37/h4-10,14-15,37H,11-13H2,1-3H3,(H,29,32)(H,33,36). The van der Waals surface area contributed by atoms with Gasteiger partial charge in [-0.3, -0.25) is 15.1 Å². The maximum atomic E-state index is 11.6. The minimum atomic E-state index is -0.659. The van der Waals surface area contributed by atoms with E-state index in [-0.39, 0.29) is 17.6 Å². The molecule has 5 heterocycles. The number of carbonyl (C=O) groups excluding carboxylic acids is 1. The van der Waals surface area contributed by atoms with E-state index in [2.05, 4.69) is 45.0 Å². The second kappa shape index (κ2) is 10.2. The van der Waals surface area contributed by atoms with Crippen molar-refractivity contribution < 1.29 is 14.7 Å². The lowest BCUT2D eigenvalue weighted by Crippen LogP contribution is -2.50. The number of aromatic amines is 1. The van der Waals surface area contributed by atoms with E-state index in [1.54, 1.807) is 23.0 Å². The van der Waals surface area contributed by atoms with E-state index in [0.717, 1.165) is 37.4 Å². The lowest BCUT2D eigenvalue weighted by atomic mass is 10.1. The zero-order valence-corrected chi connectivity index (χ0v) is 22.4. The Morgan fingerprint density at radius 2 is 1.97 bits per heavy atom. The topological polar surface area (TPSA) is 145 Å². The Labute approximate surface area is 227 Å². The van der Waals surface area contributed by atoms with E-state index < -0.39 is 5.91 Å². The molecule has 5 aromatic rings. The van der Waals surface area contributed by atoms with Crippen LogP contribution in [0.2, 0.25) is 0 Å². The van der Waals surface area contributed by atoms with E-state index in [9.17, 15) is 4.79 Å². The molecule has 0 aliphatic carbocycles. The van der Waals surface area contributed by atoms with Crippen LogP contribution >= 0.6 is 11.3 Å². The number of nitrogens with one attached hydrogen (secondary N) is 2. The molecular weight excluding hydrogens is 518 g/mol. The molecule has 200 valence electrons.